The molecule has 2 aromatic rings. The molecule has 3 heteroatoms. The monoisotopic (exact) mass is 257 g/mol. The molecule has 3 nitrogen and oxygen atoms in total. The molecule has 1 unspecified atom stereocenters. The van der Waals surface area contributed by atoms with Crippen LogP contribution in [-0.4, -0.2) is 16.3 Å². The number of aryl methyl sites for hydroxylation is 1. The number of hydrogen-bond acceptors (Lipinski definition) is 2. The van der Waals surface area contributed by atoms with Crippen molar-refractivity contribution in [2.45, 2.75) is 39.8 Å². The summed E-state index contributed by atoms with van der Waals surface area (Å²) in [5.41, 5.74) is 3.92. The average Bonchev–Trinajstić information content (AvgIpc) is 2.87. The van der Waals surface area contributed by atoms with Crippen molar-refractivity contribution in [3.8, 4) is 0 Å². The van der Waals surface area contributed by atoms with Crippen LogP contribution in [0.2, 0.25) is 0 Å². The van der Waals surface area contributed by atoms with Gasteiger partial charge in [-0.25, -0.2) is 0 Å². The fraction of sp³-hybridized carbons (Fsp3) is 0.438. The predicted molar refractivity (Wildman–Crippen MR) is 79.2 cm³/mol. The van der Waals surface area contributed by atoms with E-state index in [0.29, 0.717) is 6.04 Å². The molecule has 1 N–H and O–H groups in total. The van der Waals surface area contributed by atoms with Crippen molar-refractivity contribution >= 4 is 0 Å². The fourth-order valence-corrected chi connectivity index (χ4v) is 2.35. The third-order valence-corrected chi connectivity index (χ3v) is 3.51. The third-order valence-electron chi connectivity index (χ3n) is 3.51. The van der Waals surface area contributed by atoms with Gasteiger partial charge in [0.15, 0.2) is 0 Å². The quantitative estimate of drug-likeness (QED) is 0.860. The van der Waals surface area contributed by atoms with Crippen molar-refractivity contribution in [3.05, 3.63) is 53.3 Å². The van der Waals surface area contributed by atoms with E-state index in [4.69, 9.17) is 0 Å². The lowest BCUT2D eigenvalue weighted by atomic mass is 10.1. The van der Waals surface area contributed by atoms with Gasteiger partial charge < -0.3 is 5.32 Å². The van der Waals surface area contributed by atoms with Gasteiger partial charge in [-0.15, -0.1) is 0 Å². The normalized spacial score (nSPS) is 12.6. The Labute approximate surface area is 115 Å². The summed E-state index contributed by atoms with van der Waals surface area (Å²) >= 11 is 0. The van der Waals surface area contributed by atoms with E-state index in [2.05, 4.69) is 61.6 Å². The molecule has 0 spiro atoms. The van der Waals surface area contributed by atoms with Crippen molar-refractivity contribution in [3.63, 3.8) is 0 Å². The van der Waals surface area contributed by atoms with E-state index in [1.165, 1.54) is 16.7 Å². The number of nitrogens with one attached hydrogen (secondary N) is 1. The summed E-state index contributed by atoms with van der Waals surface area (Å²) in [6.45, 7) is 8.32. The van der Waals surface area contributed by atoms with Gasteiger partial charge in [0.05, 0.1) is 12.7 Å². The minimum Gasteiger partial charge on any atom is -0.310 e. The van der Waals surface area contributed by atoms with Gasteiger partial charge in [0.2, 0.25) is 0 Å². The summed E-state index contributed by atoms with van der Waals surface area (Å²) < 4.78 is 2.03. The van der Waals surface area contributed by atoms with Gasteiger partial charge in [0, 0.05) is 17.8 Å². The standard InChI is InChI=1S/C16H23N3/c1-4-16(17-5-2)15-10-18-19(12-15)11-14-9-7-6-8-13(14)3/h6-10,12,16-17H,4-5,11H2,1-3H3. The minimum atomic E-state index is 0.413. The number of nitrogens with zero attached hydrogens (tertiary/aromatic N) is 2. The van der Waals surface area contributed by atoms with Crippen LogP contribution in [0.25, 0.3) is 0 Å². The molecule has 0 saturated carbocycles. The van der Waals surface area contributed by atoms with E-state index in [0.717, 1.165) is 19.5 Å². The lowest BCUT2D eigenvalue weighted by Gasteiger charge is -2.13. The number of benzene rings is 1. The zero-order valence-corrected chi connectivity index (χ0v) is 12.1. The van der Waals surface area contributed by atoms with Crippen LogP contribution in [0, 0.1) is 6.92 Å². The van der Waals surface area contributed by atoms with E-state index in [1.807, 2.05) is 10.9 Å². The van der Waals surface area contributed by atoms with Crippen LogP contribution in [-0.2, 0) is 6.54 Å². The Morgan fingerprint density at radius 3 is 2.74 bits per heavy atom. The molecule has 1 aromatic heterocycles. The highest BCUT2D eigenvalue weighted by atomic mass is 15.3. The van der Waals surface area contributed by atoms with Crippen molar-refractivity contribution in [1.29, 1.82) is 0 Å². The maximum atomic E-state index is 4.48. The van der Waals surface area contributed by atoms with Gasteiger partial charge in [-0.1, -0.05) is 38.1 Å². The number of rotatable bonds is 6. The topological polar surface area (TPSA) is 29.9 Å². The highest BCUT2D eigenvalue weighted by molar-refractivity contribution is 5.26. The molecule has 0 aliphatic rings. The maximum absolute atomic E-state index is 4.48. The Balaban J connectivity index is 2.11. The van der Waals surface area contributed by atoms with Crippen molar-refractivity contribution in [2.24, 2.45) is 0 Å². The molecule has 0 amide bonds. The first-order valence-corrected chi connectivity index (χ1v) is 7.04. The van der Waals surface area contributed by atoms with E-state index in [-0.39, 0.29) is 0 Å². The third kappa shape index (κ3) is 3.44. The van der Waals surface area contributed by atoms with Gasteiger partial charge in [0.25, 0.3) is 0 Å². The summed E-state index contributed by atoms with van der Waals surface area (Å²) in [4.78, 5) is 0. The lowest BCUT2D eigenvalue weighted by Crippen LogP contribution is -2.19. The molecule has 2 rings (SSSR count). The zero-order chi connectivity index (χ0) is 13.7. The predicted octanol–water partition coefficient (Wildman–Crippen LogP) is 3.30. The number of hydrogen-bond donors (Lipinski definition) is 1. The van der Waals surface area contributed by atoms with Crippen LogP contribution < -0.4 is 5.32 Å². The Morgan fingerprint density at radius 1 is 1.26 bits per heavy atom. The molecule has 0 fully saturated rings. The van der Waals surface area contributed by atoms with Gasteiger partial charge in [0.1, 0.15) is 0 Å². The van der Waals surface area contributed by atoms with Gasteiger partial charge in [-0.2, -0.15) is 5.10 Å². The van der Waals surface area contributed by atoms with Gasteiger partial charge in [-0.05, 0) is 31.0 Å². The molecule has 1 atom stereocenters. The maximum Gasteiger partial charge on any atom is 0.0662 e. The van der Waals surface area contributed by atoms with Crippen LogP contribution in [0.5, 0.6) is 0 Å². The molecular formula is C16H23N3. The van der Waals surface area contributed by atoms with E-state index in [9.17, 15) is 0 Å². The summed E-state index contributed by atoms with van der Waals surface area (Å²) in [6, 6.07) is 8.88. The SMILES string of the molecule is CCNC(CC)c1cnn(Cc2ccccc2C)c1. The fourth-order valence-electron chi connectivity index (χ4n) is 2.35. The molecule has 0 saturated heterocycles. The first-order chi connectivity index (χ1) is 9.24. The molecule has 0 bridgehead atoms. The molecule has 1 aromatic carbocycles. The van der Waals surface area contributed by atoms with Crippen molar-refractivity contribution < 1.29 is 0 Å². The van der Waals surface area contributed by atoms with E-state index >= 15 is 0 Å². The van der Waals surface area contributed by atoms with Crippen LogP contribution in [0.3, 0.4) is 0 Å². The molecule has 1 heterocycles. The van der Waals surface area contributed by atoms with E-state index in [1.54, 1.807) is 0 Å². The smallest absolute Gasteiger partial charge is 0.0662 e. The van der Waals surface area contributed by atoms with Crippen molar-refractivity contribution in [1.82, 2.24) is 15.1 Å². The molecule has 102 valence electrons. The summed E-state index contributed by atoms with van der Waals surface area (Å²) in [7, 11) is 0. The Hall–Kier alpha value is -1.61. The van der Waals surface area contributed by atoms with Crippen molar-refractivity contribution in [2.75, 3.05) is 6.54 Å². The zero-order valence-electron chi connectivity index (χ0n) is 12.1. The molecule has 0 aliphatic carbocycles. The molecule has 0 aliphatic heterocycles. The Morgan fingerprint density at radius 2 is 2.05 bits per heavy atom. The first-order valence-electron chi connectivity index (χ1n) is 7.04. The largest absolute Gasteiger partial charge is 0.310 e. The van der Waals surface area contributed by atoms with Gasteiger partial charge in [-0.3, -0.25) is 4.68 Å². The summed E-state index contributed by atoms with van der Waals surface area (Å²) in [6.07, 6.45) is 5.22. The minimum absolute atomic E-state index is 0.413. The van der Waals surface area contributed by atoms with Crippen LogP contribution >= 0.6 is 0 Å². The summed E-state index contributed by atoms with van der Waals surface area (Å²) in [5, 5.41) is 7.96. The van der Waals surface area contributed by atoms with Crippen LogP contribution in [0.4, 0.5) is 0 Å². The summed E-state index contributed by atoms with van der Waals surface area (Å²) in [5.74, 6) is 0. The lowest BCUT2D eigenvalue weighted by molar-refractivity contribution is 0.536. The molecular weight excluding hydrogens is 234 g/mol. The second kappa shape index (κ2) is 6.53. The Kier molecular flexibility index (Phi) is 4.74. The van der Waals surface area contributed by atoms with Crippen LogP contribution in [0.1, 0.15) is 43.0 Å². The second-order valence-electron chi connectivity index (χ2n) is 4.92. The van der Waals surface area contributed by atoms with Gasteiger partial charge >= 0.3 is 0 Å². The number of aromatic nitrogens is 2. The molecule has 0 radical (unpaired) electrons. The molecule has 19 heavy (non-hydrogen) atoms. The Bertz CT molecular complexity index is 516. The first kappa shape index (κ1) is 13.8. The van der Waals surface area contributed by atoms with Crippen LogP contribution in [0.15, 0.2) is 36.7 Å². The second-order valence-corrected chi connectivity index (χ2v) is 4.92. The average molecular weight is 257 g/mol. The van der Waals surface area contributed by atoms with E-state index < -0.39 is 0 Å². The highest BCUT2D eigenvalue weighted by Gasteiger charge is 2.10. The highest BCUT2D eigenvalue weighted by Crippen LogP contribution is 2.16.